The first-order valence-electron chi connectivity index (χ1n) is 8.73. The molecule has 0 amide bonds. The highest BCUT2D eigenvalue weighted by molar-refractivity contribution is 5.98. The second kappa shape index (κ2) is 5.18. The van der Waals surface area contributed by atoms with Gasteiger partial charge in [-0.25, -0.2) is 0 Å². The molecule has 0 aromatic carbocycles. The number of aldehydes is 1. The summed E-state index contributed by atoms with van der Waals surface area (Å²) >= 11 is 0. The van der Waals surface area contributed by atoms with Gasteiger partial charge in [-0.1, -0.05) is 46.3 Å². The van der Waals surface area contributed by atoms with Gasteiger partial charge in [0.05, 0.1) is 0 Å². The molecule has 0 aromatic heterocycles. The van der Waals surface area contributed by atoms with Crippen LogP contribution in [0.1, 0.15) is 59.8 Å². The molecule has 0 bridgehead atoms. The number of hydrogen-bond donors (Lipinski definition) is 0. The fourth-order valence-corrected chi connectivity index (χ4v) is 5.39. The highest BCUT2D eigenvalue weighted by atomic mass is 16.1. The summed E-state index contributed by atoms with van der Waals surface area (Å²) in [5, 5.41) is 0. The van der Waals surface area contributed by atoms with Crippen LogP contribution >= 0.6 is 0 Å². The predicted molar refractivity (Wildman–Crippen MR) is 88.4 cm³/mol. The number of Topliss-reactive ketones (excluding diaryl/α,β-unsaturated/α-hetero) is 1. The Morgan fingerprint density at radius 1 is 1.27 bits per heavy atom. The number of fused-ring (bicyclic) bond motifs is 3. The number of carbonyl (C=O) groups is 2. The van der Waals surface area contributed by atoms with Crippen molar-refractivity contribution in [3.63, 3.8) is 0 Å². The molecule has 0 saturated heterocycles. The Morgan fingerprint density at radius 2 is 2.00 bits per heavy atom. The van der Waals surface area contributed by atoms with E-state index in [4.69, 9.17) is 0 Å². The lowest BCUT2D eigenvalue weighted by atomic mass is 9.47. The van der Waals surface area contributed by atoms with Gasteiger partial charge >= 0.3 is 0 Å². The normalized spacial score (nSPS) is 41.4. The van der Waals surface area contributed by atoms with Crippen LogP contribution in [0.2, 0.25) is 0 Å². The van der Waals surface area contributed by atoms with Crippen LogP contribution in [0, 0.1) is 28.6 Å². The van der Waals surface area contributed by atoms with Crippen LogP contribution in [-0.4, -0.2) is 12.1 Å². The largest absolute Gasteiger partial charge is 0.303 e. The zero-order valence-corrected chi connectivity index (χ0v) is 14.3. The smallest absolute Gasteiger partial charge is 0.159 e. The van der Waals surface area contributed by atoms with E-state index in [9.17, 15) is 9.59 Å². The number of allylic oxidation sites excluding steroid dienone is 4. The topological polar surface area (TPSA) is 34.1 Å². The molecule has 0 unspecified atom stereocenters. The van der Waals surface area contributed by atoms with Gasteiger partial charge in [0.15, 0.2) is 5.78 Å². The van der Waals surface area contributed by atoms with E-state index in [-0.39, 0.29) is 10.8 Å². The summed E-state index contributed by atoms with van der Waals surface area (Å²) in [6.07, 6.45) is 10.5. The first-order chi connectivity index (χ1) is 10.3. The average Bonchev–Trinajstić information content (AvgIpc) is 2.47. The Morgan fingerprint density at radius 3 is 2.64 bits per heavy atom. The van der Waals surface area contributed by atoms with E-state index in [0.29, 0.717) is 30.0 Å². The van der Waals surface area contributed by atoms with Crippen molar-refractivity contribution >= 4 is 12.1 Å². The third-order valence-electron chi connectivity index (χ3n) is 6.74. The molecule has 1 fully saturated rings. The molecule has 0 spiro atoms. The Balaban J connectivity index is 2.04. The van der Waals surface area contributed by atoms with Gasteiger partial charge in [-0.05, 0) is 53.6 Å². The quantitative estimate of drug-likeness (QED) is 0.704. The van der Waals surface area contributed by atoms with Gasteiger partial charge < -0.3 is 4.79 Å². The van der Waals surface area contributed by atoms with Gasteiger partial charge in [0.1, 0.15) is 6.29 Å². The Labute approximate surface area is 134 Å². The van der Waals surface area contributed by atoms with E-state index in [1.54, 1.807) is 0 Å². The maximum Gasteiger partial charge on any atom is 0.159 e. The monoisotopic (exact) mass is 300 g/mol. The molecular formula is C20H28O2. The summed E-state index contributed by atoms with van der Waals surface area (Å²) in [6, 6.07) is 0. The van der Waals surface area contributed by atoms with Crippen molar-refractivity contribution in [1.29, 1.82) is 0 Å². The number of carbonyl (C=O) groups excluding carboxylic acids is 2. The van der Waals surface area contributed by atoms with E-state index < -0.39 is 0 Å². The van der Waals surface area contributed by atoms with Gasteiger partial charge in [0.25, 0.3) is 0 Å². The van der Waals surface area contributed by atoms with Crippen molar-refractivity contribution in [2.45, 2.75) is 59.8 Å². The highest BCUT2D eigenvalue weighted by Gasteiger charge is 2.55. The minimum Gasteiger partial charge on any atom is -0.303 e. The van der Waals surface area contributed by atoms with Gasteiger partial charge in [-0.2, -0.15) is 0 Å². The van der Waals surface area contributed by atoms with Crippen molar-refractivity contribution in [2.75, 3.05) is 0 Å². The second-order valence-electron chi connectivity index (χ2n) is 8.41. The van der Waals surface area contributed by atoms with Crippen molar-refractivity contribution in [1.82, 2.24) is 0 Å². The first kappa shape index (κ1) is 15.7. The molecule has 2 heteroatoms. The third kappa shape index (κ3) is 2.14. The van der Waals surface area contributed by atoms with E-state index in [1.165, 1.54) is 11.9 Å². The molecule has 2 nitrogen and oxygen atoms in total. The summed E-state index contributed by atoms with van der Waals surface area (Å²) in [5.74, 6) is 1.30. The third-order valence-corrected chi connectivity index (χ3v) is 6.74. The molecule has 4 atom stereocenters. The molecule has 3 aliphatic carbocycles. The highest BCUT2D eigenvalue weighted by Crippen LogP contribution is 2.61. The van der Waals surface area contributed by atoms with E-state index >= 15 is 0 Å². The number of ketones is 1. The van der Waals surface area contributed by atoms with Gasteiger partial charge in [0.2, 0.25) is 0 Å². The summed E-state index contributed by atoms with van der Waals surface area (Å²) in [7, 11) is 0. The Kier molecular flexibility index (Phi) is 3.70. The van der Waals surface area contributed by atoms with Crippen molar-refractivity contribution < 1.29 is 9.59 Å². The number of hydrogen-bond acceptors (Lipinski definition) is 2. The fraction of sp³-hybridized carbons (Fsp3) is 0.700. The zero-order chi connectivity index (χ0) is 16.1. The Bertz CT molecular complexity index is 568. The summed E-state index contributed by atoms with van der Waals surface area (Å²) in [5.41, 5.74) is 2.21. The number of rotatable bonds is 2. The summed E-state index contributed by atoms with van der Waals surface area (Å²) < 4.78 is 0. The molecule has 3 rings (SSSR count). The first-order valence-corrected chi connectivity index (χ1v) is 8.73. The van der Waals surface area contributed by atoms with Crippen LogP contribution in [0.5, 0.6) is 0 Å². The molecule has 3 aliphatic rings. The van der Waals surface area contributed by atoms with Crippen molar-refractivity contribution in [2.24, 2.45) is 28.6 Å². The van der Waals surface area contributed by atoms with E-state index in [1.807, 2.05) is 0 Å². The lowest BCUT2D eigenvalue weighted by Crippen LogP contribution is -2.51. The molecule has 0 N–H and O–H groups in total. The standard InChI is InChI=1S/C20H28O2/c1-13(2)15-10-14-6-7-18-19(3,12-21)8-5-9-20(18,4)16(14)11-17(15)22/h6,10,12-13,16,18H,5,7-9,11H2,1-4H3/t16-,18-,19-,20-/m1/s1. The van der Waals surface area contributed by atoms with Crippen LogP contribution in [-0.2, 0) is 9.59 Å². The van der Waals surface area contributed by atoms with Crippen molar-refractivity contribution in [3.05, 3.63) is 23.3 Å². The average molecular weight is 300 g/mol. The zero-order valence-electron chi connectivity index (χ0n) is 14.3. The molecule has 0 aliphatic heterocycles. The predicted octanol–water partition coefficient (Wildman–Crippen LogP) is 4.50. The molecule has 22 heavy (non-hydrogen) atoms. The SMILES string of the molecule is CC(C)C1=CC2=CC[C@H]3[C@](C)(CCC[C@]3(C)C=O)[C@@H]2CC1=O. The van der Waals surface area contributed by atoms with Gasteiger partial charge in [-0.15, -0.1) is 0 Å². The van der Waals surface area contributed by atoms with Crippen molar-refractivity contribution in [3.8, 4) is 0 Å². The van der Waals surface area contributed by atoms with Crippen LogP contribution in [0.25, 0.3) is 0 Å². The minimum atomic E-state index is -0.222. The van der Waals surface area contributed by atoms with E-state index in [2.05, 4.69) is 39.8 Å². The molecule has 0 aromatic rings. The molecule has 1 saturated carbocycles. The minimum absolute atomic E-state index is 0.0899. The second-order valence-corrected chi connectivity index (χ2v) is 8.41. The molecule has 0 radical (unpaired) electrons. The molecule has 120 valence electrons. The molecular weight excluding hydrogens is 272 g/mol. The van der Waals surface area contributed by atoms with Crippen LogP contribution < -0.4 is 0 Å². The maximum absolute atomic E-state index is 12.6. The lowest BCUT2D eigenvalue weighted by Gasteiger charge is -2.56. The fourth-order valence-electron chi connectivity index (χ4n) is 5.39. The van der Waals surface area contributed by atoms with Crippen LogP contribution in [0.3, 0.4) is 0 Å². The van der Waals surface area contributed by atoms with Crippen LogP contribution in [0.4, 0.5) is 0 Å². The molecule has 0 heterocycles. The van der Waals surface area contributed by atoms with Gasteiger partial charge in [0, 0.05) is 11.8 Å². The van der Waals surface area contributed by atoms with E-state index in [0.717, 1.165) is 31.3 Å². The Hall–Kier alpha value is -1.18. The lowest BCUT2D eigenvalue weighted by molar-refractivity contribution is -0.130. The maximum atomic E-state index is 12.6. The van der Waals surface area contributed by atoms with Crippen LogP contribution in [0.15, 0.2) is 23.3 Å². The van der Waals surface area contributed by atoms with Gasteiger partial charge in [-0.3, -0.25) is 4.79 Å². The summed E-state index contributed by atoms with van der Waals surface area (Å²) in [4.78, 5) is 24.3. The summed E-state index contributed by atoms with van der Waals surface area (Å²) in [6.45, 7) is 8.66.